The maximum Gasteiger partial charge on any atom is 0.196 e. The van der Waals surface area contributed by atoms with E-state index in [4.69, 9.17) is 5.11 Å². The van der Waals surface area contributed by atoms with Crippen molar-refractivity contribution in [3.05, 3.63) is 0 Å². The van der Waals surface area contributed by atoms with Crippen molar-refractivity contribution in [3.8, 4) is 0 Å². The number of carbonyl (C=O) groups is 1. The van der Waals surface area contributed by atoms with E-state index in [9.17, 15) is 4.79 Å². The number of unbranched alkanes of at least 4 members (excludes halogenated alkanes) is 1. The Balaban J connectivity index is 3.72. The van der Waals surface area contributed by atoms with E-state index in [2.05, 4.69) is 6.92 Å². The fourth-order valence-electron chi connectivity index (χ4n) is 0.569. The van der Waals surface area contributed by atoms with E-state index < -0.39 is 5.41 Å². The number of aliphatic hydroxyl groups is 1. The second-order valence-corrected chi connectivity index (χ2v) is 4.60. The Kier molecular flexibility index (Phi) is 5.59. The van der Waals surface area contributed by atoms with Gasteiger partial charge in [-0.1, -0.05) is 25.1 Å². The van der Waals surface area contributed by atoms with Crippen LogP contribution in [0.1, 0.15) is 33.6 Å². The predicted molar refractivity (Wildman–Crippen MR) is 53.2 cm³/mol. The molecule has 0 aromatic carbocycles. The van der Waals surface area contributed by atoms with Gasteiger partial charge in [0.25, 0.3) is 0 Å². The first-order chi connectivity index (χ1) is 5.54. The van der Waals surface area contributed by atoms with Gasteiger partial charge in [-0.2, -0.15) is 0 Å². The zero-order valence-electron chi connectivity index (χ0n) is 8.09. The van der Waals surface area contributed by atoms with Crippen LogP contribution < -0.4 is 0 Å². The Morgan fingerprint density at radius 1 is 1.50 bits per heavy atom. The molecule has 0 radical (unpaired) electrons. The lowest BCUT2D eigenvalue weighted by molar-refractivity contribution is -0.119. The maximum absolute atomic E-state index is 11.4. The maximum atomic E-state index is 11.4. The van der Waals surface area contributed by atoms with Crippen molar-refractivity contribution in [1.82, 2.24) is 0 Å². The molecule has 1 N–H and O–H groups in total. The predicted octanol–water partition coefficient (Wildman–Crippen LogP) is 2.06. The molecular weight excluding hydrogens is 172 g/mol. The van der Waals surface area contributed by atoms with Gasteiger partial charge in [0.15, 0.2) is 5.12 Å². The first kappa shape index (κ1) is 12.0. The lowest BCUT2D eigenvalue weighted by Crippen LogP contribution is -2.25. The van der Waals surface area contributed by atoms with Crippen molar-refractivity contribution < 1.29 is 9.90 Å². The van der Waals surface area contributed by atoms with Crippen LogP contribution in [0, 0.1) is 5.41 Å². The summed E-state index contributed by atoms with van der Waals surface area (Å²) < 4.78 is 0. The highest BCUT2D eigenvalue weighted by atomic mass is 32.2. The van der Waals surface area contributed by atoms with Crippen molar-refractivity contribution >= 4 is 16.9 Å². The third kappa shape index (κ3) is 4.12. The van der Waals surface area contributed by atoms with Crippen LogP contribution in [0.15, 0.2) is 0 Å². The standard InChI is InChI=1S/C9H18O2S/c1-4-5-6-12-8(11)9(2,3)7-10/h10H,4-7H2,1-3H3. The van der Waals surface area contributed by atoms with Gasteiger partial charge in [-0.05, 0) is 20.3 Å². The molecule has 0 saturated carbocycles. The molecule has 0 aliphatic heterocycles. The molecule has 0 atom stereocenters. The van der Waals surface area contributed by atoms with E-state index in [0.717, 1.165) is 18.6 Å². The number of thioether (sulfide) groups is 1. The molecule has 0 bridgehead atoms. The lowest BCUT2D eigenvalue weighted by Gasteiger charge is -2.18. The van der Waals surface area contributed by atoms with Gasteiger partial charge in [-0.25, -0.2) is 0 Å². The Labute approximate surface area is 78.7 Å². The van der Waals surface area contributed by atoms with Gasteiger partial charge in [-0.15, -0.1) is 0 Å². The zero-order chi connectivity index (χ0) is 9.61. The van der Waals surface area contributed by atoms with Gasteiger partial charge in [0, 0.05) is 5.75 Å². The molecule has 0 aliphatic rings. The van der Waals surface area contributed by atoms with Gasteiger partial charge >= 0.3 is 0 Å². The lowest BCUT2D eigenvalue weighted by atomic mass is 9.97. The van der Waals surface area contributed by atoms with Crippen LogP contribution in [-0.4, -0.2) is 22.6 Å². The summed E-state index contributed by atoms with van der Waals surface area (Å²) in [5.74, 6) is 0.874. The number of carbonyl (C=O) groups excluding carboxylic acids is 1. The highest BCUT2D eigenvalue weighted by Gasteiger charge is 2.26. The molecule has 3 heteroatoms. The molecule has 0 saturated heterocycles. The molecule has 0 rings (SSSR count). The Morgan fingerprint density at radius 2 is 2.08 bits per heavy atom. The molecule has 0 fully saturated rings. The monoisotopic (exact) mass is 190 g/mol. The van der Waals surface area contributed by atoms with Crippen molar-refractivity contribution in [2.45, 2.75) is 33.6 Å². The van der Waals surface area contributed by atoms with Gasteiger partial charge in [-0.3, -0.25) is 4.79 Å². The largest absolute Gasteiger partial charge is 0.395 e. The normalized spacial score (nSPS) is 11.7. The fraction of sp³-hybridized carbons (Fsp3) is 0.889. The minimum Gasteiger partial charge on any atom is -0.395 e. The summed E-state index contributed by atoms with van der Waals surface area (Å²) in [6.45, 7) is 5.58. The topological polar surface area (TPSA) is 37.3 Å². The highest BCUT2D eigenvalue weighted by Crippen LogP contribution is 2.23. The minimum atomic E-state index is -0.571. The molecule has 0 unspecified atom stereocenters. The van der Waals surface area contributed by atoms with Crippen molar-refractivity contribution in [2.75, 3.05) is 12.4 Å². The molecule has 0 aliphatic carbocycles. The number of rotatable bonds is 5. The average Bonchev–Trinajstić information content (AvgIpc) is 2.05. The number of hydrogen-bond donors (Lipinski definition) is 1. The van der Waals surface area contributed by atoms with Crippen molar-refractivity contribution in [1.29, 1.82) is 0 Å². The molecule has 0 amide bonds. The summed E-state index contributed by atoms with van der Waals surface area (Å²) in [5, 5.41) is 8.98. The van der Waals surface area contributed by atoms with Crippen LogP contribution in [0.5, 0.6) is 0 Å². The Hall–Kier alpha value is -0.0200. The van der Waals surface area contributed by atoms with Crippen LogP contribution in [0.4, 0.5) is 0 Å². The molecule has 2 nitrogen and oxygen atoms in total. The molecule has 12 heavy (non-hydrogen) atoms. The van der Waals surface area contributed by atoms with E-state index in [0.29, 0.717) is 0 Å². The molecule has 72 valence electrons. The van der Waals surface area contributed by atoms with Crippen LogP contribution >= 0.6 is 11.8 Å². The summed E-state index contributed by atoms with van der Waals surface area (Å²) in [6, 6.07) is 0. The van der Waals surface area contributed by atoms with E-state index in [1.807, 2.05) is 0 Å². The SMILES string of the molecule is CCCCSC(=O)C(C)(C)CO. The van der Waals surface area contributed by atoms with Crippen LogP contribution in [0.3, 0.4) is 0 Å². The van der Waals surface area contributed by atoms with Crippen LogP contribution in [0.2, 0.25) is 0 Å². The zero-order valence-corrected chi connectivity index (χ0v) is 8.91. The molecule has 0 spiro atoms. The first-order valence-corrected chi connectivity index (χ1v) is 5.31. The van der Waals surface area contributed by atoms with E-state index in [-0.39, 0.29) is 11.7 Å². The Bertz CT molecular complexity index is 143. The molecular formula is C9H18O2S. The van der Waals surface area contributed by atoms with Crippen LogP contribution in [0.25, 0.3) is 0 Å². The van der Waals surface area contributed by atoms with E-state index in [1.54, 1.807) is 13.8 Å². The molecule has 0 aromatic rings. The van der Waals surface area contributed by atoms with Gasteiger partial charge in [0.1, 0.15) is 0 Å². The highest BCUT2D eigenvalue weighted by molar-refractivity contribution is 8.13. The van der Waals surface area contributed by atoms with Gasteiger partial charge in [0.05, 0.1) is 12.0 Å². The second kappa shape index (κ2) is 5.60. The third-order valence-corrected chi connectivity index (χ3v) is 2.99. The second-order valence-electron chi connectivity index (χ2n) is 3.53. The summed E-state index contributed by atoms with van der Waals surface area (Å²) in [4.78, 5) is 11.4. The summed E-state index contributed by atoms with van der Waals surface area (Å²) in [5.41, 5.74) is -0.571. The van der Waals surface area contributed by atoms with Gasteiger partial charge in [0.2, 0.25) is 0 Å². The molecule has 0 aromatic heterocycles. The number of aliphatic hydroxyl groups excluding tert-OH is 1. The quantitative estimate of drug-likeness (QED) is 0.674. The van der Waals surface area contributed by atoms with E-state index >= 15 is 0 Å². The first-order valence-electron chi connectivity index (χ1n) is 4.32. The summed E-state index contributed by atoms with van der Waals surface area (Å²) in [7, 11) is 0. The minimum absolute atomic E-state index is 0.0645. The van der Waals surface area contributed by atoms with Gasteiger partial charge < -0.3 is 5.11 Å². The summed E-state index contributed by atoms with van der Waals surface area (Å²) in [6.07, 6.45) is 2.18. The van der Waals surface area contributed by atoms with Crippen molar-refractivity contribution in [3.63, 3.8) is 0 Å². The van der Waals surface area contributed by atoms with E-state index in [1.165, 1.54) is 11.8 Å². The third-order valence-electron chi connectivity index (χ3n) is 1.68. The average molecular weight is 190 g/mol. The smallest absolute Gasteiger partial charge is 0.196 e. The molecule has 0 heterocycles. The van der Waals surface area contributed by atoms with Crippen molar-refractivity contribution in [2.24, 2.45) is 5.41 Å². The fourth-order valence-corrected chi connectivity index (χ4v) is 1.64. The number of hydrogen-bond acceptors (Lipinski definition) is 3. The Morgan fingerprint density at radius 3 is 2.50 bits per heavy atom. The van der Waals surface area contributed by atoms with Crippen LogP contribution in [-0.2, 0) is 4.79 Å². The summed E-state index contributed by atoms with van der Waals surface area (Å²) >= 11 is 1.33.